The third-order valence-corrected chi connectivity index (χ3v) is 3.77. The molecule has 2 heterocycles. The Hall–Kier alpha value is -1.59. The molecular formula is C14H15Cl2N5. The van der Waals surface area contributed by atoms with Crippen molar-refractivity contribution in [2.75, 3.05) is 5.88 Å². The number of benzene rings is 1. The van der Waals surface area contributed by atoms with Gasteiger partial charge in [0, 0.05) is 36.6 Å². The van der Waals surface area contributed by atoms with Gasteiger partial charge >= 0.3 is 0 Å². The van der Waals surface area contributed by atoms with Crippen LogP contribution in [0.1, 0.15) is 12.2 Å². The lowest BCUT2D eigenvalue weighted by molar-refractivity contribution is 0.512. The van der Waals surface area contributed by atoms with Crippen molar-refractivity contribution >= 4 is 34.2 Å². The van der Waals surface area contributed by atoms with E-state index in [-0.39, 0.29) is 0 Å². The third-order valence-electron chi connectivity index (χ3n) is 3.35. The highest BCUT2D eigenvalue weighted by atomic mass is 35.5. The van der Waals surface area contributed by atoms with Crippen LogP contribution in [0.5, 0.6) is 0 Å². The molecule has 21 heavy (non-hydrogen) atoms. The van der Waals surface area contributed by atoms with Crippen molar-refractivity contribution in [2.24, 2.45) is 0 Å². The topological polar surface area (TPSA) is 48.5 Å². The van der Waals surface area contributed by atoms with Crippen LogP contribution in [0.15, 0.2) is 30.6 Å². The van der Waals surface area contributed by atoms with Crippen LogP contribution in [-0.4, -0.2) is 30.4 Å². The van der Waals surface area contributed by atoms with Crippen LogP contribution in [0.3, 0.4) is 0 Å². The SMILES string of the molecule is ClCCc1nc2ccc(Cl)cc2n1CCCn1ccnn1. The van der Waals surface area contributed by atoms with Crippen molar-refractivity contribution in [3.8, 4) is 0 Å². The molecule has 110 valence electrons. The number of hydrogen-bond acceptors (Lipinski definition) is 3. The Morgan fingerprint density at radius 2 is 2.10 bits per heavy atom. The number of fused-ring (bicyclic) bond motifs is 1. The maximum Gasteiger partial charge on any atom is 0.111 e. The molecule has 3 aromatic rings. The minimum Gasteiger partial charge on any atom is -0.328 e. The number of aromatic nitrogens is 5. The van der Waals surface area contributed by atoms with Gasteiger partial charge in [-0.15, -0.1) is 16.7 Å². The molecule has 1 aromatic carbocycles. The number of rotatable bonds is 6. The minimum absolute atomic E-state index is 0.556. The molecule has 3 rings (SSSR count). The quantitative estimate of drug-likeness (QED) is 0.655. The van der Waals surface area contributed by atoms with Gasteiger partial charge in [0.15, 0.2) is 0 Å². The summed E-state index contributed by atoms with van der Waals surface area (Å²) in [5.74, 6) is 1.56. The zero-order valence-corrected chi connectivity index (χ0v) is 12.9. The molecule has 0 aliphatic heterocycles. The highest BCUT2D eigenvalue weighted by molar-refractivity contribution is 6.31. The first-order valence-corrected chi connectivity index (χ1v) is 7.74. The summed E-state index contributed by atoms with van der Waals surface area (Å²) in [6, 6.07) is 5.77. The number of imidazole rings is 1. The molecule has 0 spiro atoms. The largest absolute Gasteiger partial charge is 0.328 e. The molecule has 0 amide bonds. The lowest BCUT2D eigenvalue weighted by Crippen LogP contribution is -2.08. The predicted molar refractivity (Wildman–Crippen MR) is 83.8 cm³/mol. The number of alkyl halides is 1. The molecule has 0 saturated carbocycles. The molecule has 0 saturated heterocycles. The Kier molecular flexibility index (Phi) is 4.41. The molecule has 0 bridgehead atoms. The van der Waals surface area contributed by atoms with Gasteiger partial charge in [0.1, 0.15) is 5.82 Å². The molecular weight excluding hydrogens is 309 g/mol. The summed E-state index contributed by atoms with van der Waals surface area (Å²) in [6.07, 6.45) is 5.24. The molecule has 0 fully saturated rings. The van der Waals surface area contributed by atoms with Gasteiger partial charge in [-0.3, -0.25) is 4.68 Å². The molecule has 0 atom stereocenters. The van der Waals surface area contributed by atoms with Gasteiger partial charge in [0.2, 0.25) is 0 Å². The van der Waals surface area contributed by atoms with Crippen LogP contribution >= 0.6 is 23.2 Å². The number of halogens is 2. The molecule has 0 unspecified atom stereocenters. The van der Waals surface area contributed by atoms with Crippen LogP contribution in [0.25, 0.3) is 11.0 Å². The Bertz CT molecular complexity index is 720. The fourth-order valence-electron chi connectivity index (χ4n) is 2.41. The smallest absolute Gasteiger partial charge is 0.111 e. The first kappa shape index (κ1) is 14.4. The van der Waals surface area contributed by atoms with Crippen molar-refractivity contribution < 1.29 is 0 Å². The van der Waals surface area contributed by atoms with Crippen molar-refractivity contribution in [1.29, 1.82) is 0 Å². The minimum atomic E-state index is 0.556. The van der Waals surface area contributed by atoms with Gasteiger partial charge in [-0.1, -0.05) is 16.8 Å². The summed E-state index contributed by atoms with van der Waals surface area (Å²) in [7, 11) is 0. The Balaban J connectivity index is 1.83. The van der Waals surface area contributed by atoms with E-state index in [1.54, 1.807) is 6.20 Å². The van der Waals surface area contributed by atoms with Crippen LogP contribution in [0.4, 0.5) is 0 Å². The summed E-state index contributed by atoms with van der Waals surface area (Å²) in [4.78, 5) is 4.64. The molecule has 5 nitrogen and oxygen atoms in total. The fraction of sp³-hybridized carbons (Fsp3) is 0.357. The first-order chi connectivity index (χ1) is 10.3. The van der Waals surface area contributed by atoms with Crippen LogP contribution in [-0.2, 0) is 19.5 Å². The molecule has 0 aliphatic carbocycles. The maximum atomic E-state index is 6.10. The normalized spacial score (nSPS) is 11.3. The number of hydrogen-bond donors (Lipinski definition) is 0. The highest BCUT2D eigenvalue weighted by Gasteiger charge is 2.10. The lowest BCUT2D eigenvalue weighted by atomic mass is 10.3. The number of aryl methyl sites for hydroxylation is 3. The van der Waals surface area contributed by atoms with Crippen molar-refractivity contribution in [3.63, 3.8) is 0 Å². The van der Waals surface area contributed by atoms with Crippen LogP contribution in [0, 0.1) is 0 Å². The van der Waals surface area contributed by atoms with Gasteiger partial charge in [0.25, 0.3) is 0 Å². The molecule has 7 heteroatoms. The summed E-state index contributed by atoms with van der Waals surface area (Å²) in [6.45, 7) is 1.67. The monoisotopic (exact) mass is 323 g/mol. The van der Waals surface area contributed by atoms with E-state index in [2.05, 4.69) is 19.9 Å². The van der Waals surface area contributed by atoms with Crippen molar-refractivity contribution in [1.82, 2.24) is 24.5 Å². The van der Waals surface area contributed by atoms with Crippen molar-refractivity contribution in [3.05, 3.63) is 41.4 Å². The van der Waals surface area contributed by atoms with E-state index in [4.69, 9.17) is 23.2 Å². The number of nitrogens with zero attached hydrogens (tertiary/aromatic N) is 5. The van der Waals surface area contributed by atoms with E-state index < -0.39 is 0 Å². The van der Waals surface area contributed by atoms with E-state index in [1.807, 2.05) is 29.1 Å². The zero-order chi connectivity index (χ0) is 14.7. The summed E-state index contributed by atoms with van der Waals surface area (Å²) >= 11 is 12.0. The van der Waals surface area contributed by atoms with Gasteiger partial charge in [0.05, 0.1) is 17.2 Å². The van der Waals surface area contributed by atoms with E-state index in [9.17, 15) is 0 Å². The summed E-state index contributed by atoms with van der Waals surface area (Å²) in [5, 5.41) is 8.49. The first-order valence-electron chi connectivity index (χ1n) is 6.82. The third kappa shape index (κ3) is 3.19. The lowest BCUT2D eigenvalue weighted by Gasteiger charge is -2.08. The van der Waals surface area contributed by atoms with Gasteiger partial charge in [-0.2, -0.15) is 0 Å². The summed E-state index contributed by atoms with van der Waals surface area (Å²) < 4.78 is 4.02. The molecule has 0 radical (unpaired) electrons. The van der Waals surface area contributed by atoms with Gasteiger partial charge in [-0.05, 0) is 24.6 Å². The van der Waals surface area contributed by atoms with Crippen LogP contribution in [0.2, 0.25) is 5.02 Å². The maximum absolute atomic E-state index is 6.10. The standard InChI is InChI=1S/C14H15Cl2N5/c15-5-4-14-18-12-3-2-11(16)10-13(12)21(14)8-1-7-20-9-6-17-19-20/h2-3,6,9-10H,1,4-5,7-8H2. The van der Waals surface area contributed by atoms with Gasteiger partial charge in [-0.25, -0.2) is 4.98 Å². The van der Waals surface area contributed by atoms with E-state index in [0.29, 0.717) is 5.88 Å². The average molecular weight is 324 g/mol. The second-order valence-corrected chi connectivity index (χ2v) is 5.59. The zero-order valence-electron chi connectivity index (χ0n) is 11.4. The fourth-order valence-corrected chi connectivity index (χ4v) is 2.75. The second kappa shape index (κ2) is 6.45. The van der Waals surface area contributed by atoms with Crippen molar-refractivity contribution in [2.45, 2.75) is 25.9 Å². The Labute approximate surface area is 132 Å². The molecule has 0 aliphatic rings. The second-order valence-electron chi connectivity index (χ2n) is 4.77. The van der Waals surface area contributed by atoms with Gasteiger partial charge < -0.3 is 4.57 Å². The van der Waals surface area contributed by atoms with E-state index >= 15 is 0 Å². The predicted octanol–water partition coefficient (Wildman–Crippen LogP) is 3.15. The molecule has 2 aromatic heterocycles. The van der Waals surface area contributed by atoms with E-state index in [0.717, 1.165) is 47.8 Å². The Morgan fingerprint density at radius 3 is 2.86 bits per heavy atom. The highest BCUT2D eigenvalue weighted by Crippen LogP contribution is 2.21. The Morgan fingerprint density at radius 1 is 1.19 bits per heavy atom. The summed E-state index contributed by atoms with van der Waals surface area (Å²) in [5.41, 5.74) is 2.02. The molecule has 0 N–H and O–H groups in total. The average Bonchev–Trinajstić information content (AvgIpc) is 3.08. The van der Waals surface area contributed by atoms with Crippen LogP contribution < -0.4 is 0 Å². The van der Waals surface area contributed by atoms with E-state index in [1.165, 1.54) is 0 Å².